The second-order valence-corrected chi connectivity index (χ2v) is 7.01. The van der Waals surface area contributed by atoms with Crippen LogP contribution in [0.25, 0.3) is 5.76 Å². The zero-order valence-electron chi connectivity index (χ0n) is 15.8. The Kier molecular flexibility index (Phi) is 5.98. The fraction of sp³-hybridized carbons (Fsp3) is 0.190. The van der Waals surface area contributed by atoms with E-state index in [-0.39, 0.29) is 35.6 Å². The summed E-state index contributed by atoms with van der Waals surface area (Å²) in [6.07, 6.45) is -0.389. The van der Waals surface area contributed by atoms with Crippen LogP contribution in [0.15, 0.2) is 48.0 Å². The number of aliphatic carboxylic acids is 1. The van der Waals surface area contributed by atoms with E-state index in [9.17, 15) is 24.6 Å². The Hall–Kier alpha value is -3.52. The second-order valence-electron chi connectivity index (χ2n) is 6.57. The van der Waals surface area contributed by atoms with Crippen LogP contribution in [-0.2, 0) is 14.4 Å². The van der Waals surface area contributed by atoms with Crippen molar-refractivity contribution in [3.05, 3.63) is 64.2 Å². The summed E-state index contributed by atoms with van der Waals surface area (Å²) in [5, 5.41) is 30.2. The number of hydrogen-bond acceptors (Lipinski definition) is 6. The van der Waals surface area contributed by atoms with E-state index in [0.717, 1.165) is 4.90 Å². The lowest BCUT2D eigenvalue weighted by Gasteiger charge is -2.25. The molecule has 2 aromatic carbocycles. The number of Topliss-reactive ketones (excluding diaryl/α,β-unsaturated/α-hetero) is 1. The van der Waals surface area contributed by atoms with Gasteiger partial charge in [0.25, 0.3) is 11.7 Å². The Morgan fingerprint density at radius 2 is 1.80 bits per heavy atom. The number of carbonyl (C=O) groups excluding carboxylic acids is 2. The summed E-state index contributed by atoms with van der Waals surface area (Å²) in [6, 6.07) is 9.20. The predicted octanol–water partition coefficient (Wildman–Crippen LogP) is 2.95. The minimum atomic E-state index is -1.14. The molecule has 0 aromatic heterocycles. The van der Waals surface area contributed by atoms with E-state index in [2.05, 4.69) is 0 Å². The zero-order valence-corrected chi connectivity index (χ0v) is 16.6. The number of hydrogen-bond donors (Lipinski definition) is 3. The number of aliphatic hydroxyl groups excluding tert-OH is 1. The summed E-state index contributed by atoms with van der Waals surface area (Å²) in [5.74, 6) is -3.48. The average Bonchev–Trinajstić information content (AvgIpc) is 2.97. The maximum absolute atomic E-state index is 12.8. The summed E-state index contributed by atoms with van der Waals surface area (Å²) >= 11 is 5.87. The number of phenolic OH excluding ortho intramolecular Hbond substituents is 1. The monoisotopic (exact) mass is 431 g/mol. The largest absolute Gasteiger partial charge is 0.507 e. The lowest BCUT2D eigenvalue weighted by molar-refractivity contribution is -0.142. The molecule has 0 bridgehead atoms. The van der Waals surface area contributed by atoms with E-state index >= 15 is 0 Å². The van der Waals surface area contributed by atoms with Gasteiger partial charge in [-0.25, -0.2) is 0 Å². The van der Waals surface area contributed by atoms with Crippen LogP contribution in [0.2, 0.25) is 5.02 Å². The Morgan fingerprint density at radius 3 is 2.40 bits per heavy atom. The van der Waals surface area contributed by atoms with Gasteiger partial charge in [-0.3, -0.25) is 14.4 Å². The number of likely N-dealkylation sites (tertiary alicyclic amines) is 1. The highest BCUT2D eigenvalue weighted by Gasteiger charge is 2.46. The van der Waals surface area contributed by atoms with E-state index in [1.807, 2.05) is 0 Å². The van der Waals surface area contributed by atoms with Crippen molar-refractivity contribution in [3.63, 3.8) is 0 Å². The number of aromatic hydroxyl groups is 1. The molecule has 1 saturated heterocycles. The highest BCUT2D eigenvalue weighted by molar-refractivity contribution is 6.46. The van der Waals surface area contributed by atoms with Gasteiger partial charge in [0.05, 0.1) is 25.1 Å². The smallest absolute Gasteiger partial charge is 0.305 e. The summed E-state index contributed by atoms with van der Waals surface area (Å²) < 4.78 is 5.10. The molecule has 1 unspecified atom stereocenters. The van der Waals surface area contributed by atoms with Gasteiger partial charge in [0, 0.05) is 17.1 Å². The molecule has 0 aliphatic carbocycles. The van der Waals surface area contributed by atoms with Gasteiger partial charge in [0.1, 0.15) is 5.76 Å². The molecule has 1 fully saturated rings. The first kappa shape index (κ1) is 21.2. The van der Waals surface area contributed by atoms with Crippen molar-refractivity contribution in [2.45, 2.75) is 12.5 Å². The van der Waals surface area contributed by atoms with Crippen LogP contribution in [-0.4, -0.2) is 51.5 Å². The molecule has 1 atom stereocenters. The molecule has 0 radical (unpaired) electrons. The predicted molar refractivity (Wildman–Crippen MR) is 107 cm³/mol. The van der Waals surface area contributed by atoms with Gasteiger partial charge in [0.15, 0.2) is 11.5 Å². The summed E-state index contributed by atoms with van der Waals surface area (Å²) in [6.45, 7) is -0.245. The number of ketones is 1. The van der Waals surface area contributed by atoms with Crippen LogP contribution in [0.5, 0.6) is 11.5 Å². The first-order valence-electron chi connectivity index (χ1n) is 8.87. The molecule has 156 valence electrons. The third-order valence-corrected chi connectivity index (χ3v) is 5.00. The lowest BCUT2D eigenvalue weighted by Crippen LogP contribution is -2.31. The van der Waals surface area contributed by atoms with Crippen molar-refractivity contribution in [2.75, 3.05) is 13.7 Å². The number of amides is 1. The molecule has 8 nitrogen and oxygen atoms in total. The quantitative estimate of drug-likeness (QED) is 0.365. The molecule has 9 heteroatoms. The number of halogens is 1. The molecule has 0 spiro atoms. The number of benzene rings is 2. The fourth-order valence-corrected chi connectivity index (χ4v) is 3.43. The Bertz CT molecular complexity index is 1050. The van der Waals surface area contributed by atoms with Crippen LogP contribution >= 0.6 is 11.6 Å². The second kappa shape index (κ2) is 8.46. The molecular formula is C21H18ClNO7. The van der Waals surface area contributed by atoms with Gasteiger partial charge in [-0.05, 0) is 42.0 Å². The van der Waals surface area contributed by atoms with E-state index < -0.39 is 29.5 Å². The molecule has 0 saturated carbocycles. The molecule has 1 aliphatic heterocycles. The number of carboxylic acids is 1. The van der Waals surface area contributed by atoms with Gasteiger partial charge in [-0.15, -0.1) is 0 Å². The SMILES string of the molecule is COc1cc(C2/C(=C(\O)c3ccc(Cl)cc3)C(=O)C(=O)N2CCC(=O)O)ccc1O. The van der Waals surface area contributed by atoms with E-state index in [1.54, 1.807) is 0 Å². The number of phenols is 1. The van der Waals surface area contributed by atoms with Crippen LogP contribution in [0.4, 0.5) is 0 Å². The standard InChI is InChI=1S/C21H18ClNO7/c1-30-15-10-12(4-7-14(15)24)18-17(19(27)11-2-5-13(22)6-3-11)20(28)21(29)23(18)9-8-16(25)26/h2-7,10,18,24,27H,8-9H2,1H3,(H,25,26)/b19-17+. The number of carboxylic acid groups (broad SMARTS) is 1. The number of nitrogens with zero attached hydrogens (tertiary/aromatic N) is 1. The Labute approximate surface area is 176 Å². The van der Waals surface area contributed by atoms with Gasteiger partial charge in [-0.1, -0.05) is 17.7 Å². The molecular weight excluding hydrogens is 414 g/mol. The third kappa shape index (κ3) is 3.95. The summed E-state index contributed by atoms with van der Waals surface area (Å²) in [7, 11) is 1.34. The Balaban J connectivity index is 2.18. The van der Waals surface area contributed by atoms with E-state index in [0.29, 0.717) is 10.6 Å². The summed E-state index contributed by atoms with van der Waals surface area (Å²) in [4.78, 5) is 37.6. The molecule has 3 N–H and O–H groups in total. The highest BCUT2D eigenvalue weighted by Crippen LogP contribution is 2.41. The molecule has 3 rings (SSSR count). The van der Waals surface area contributed by atoms with Gasteiger partial charge >= 0.3 is 5.97 Å². The minimum absolute atomic E-state index is 0.0998. The molecule has 1 aliphatic rings. The van der Waals surface area contributed by atoms with E-state index in [4.69, 9.17) is 21.4 Å². The maximum Gasteiger partial charge on any atom is 0.305 e. The zero-order chi connectivity index (χ0) is 22.0. The Morgan fingerprint density at radius 1 is 1.13 bits per heavy atom. The van der Waals surface area contributed by atoms with Crippen LogP contribution in [0.1, 0.15) is 23.6 Å². The van der Waals surface area contributed by atoms with E-state index in [1.165, 1.54) is 49.6 Å². The third-order valence-electron chi connectivity index (χ3n) is 4.74. The molecule has 1 amide bonds. The first-order valence-corrected chi connectivity index (χ1v) is 9.25. The normalized spacial score (nSPS) is 17.9. The summed E-state index contributed by atoms with van der Waals surface area (Å²) in [5.41, 5.74) is 0.441. The molecule has 2 aromatic rings. The first-order chi connectivity index (χ1) is 14.2. The average molecular weight is 432 g/mol. The van der Waals surface area contributed by atoms with Crippen LogP contribution in [0.3, 0.4) is 0 Å². The number of carbonyl (C=O) groups is 3. The van der Waals surface area contributed by atoms with Gasteiger partial charge in [0.2, 0.25) is 0 Å². The molecule has 30 heavy (non-hydrogen) atoms. The number of aliphatic hydroxyl groups is 1. The van der Waals surface area contributed by atoms with Crippen LogP contribution < -0.4 is 4.74 Å². The van der Waals surface area contributed by atoms with Crippen molar-refractivity contribution in [1.82, 2.24) is 4.90 Å². The number of rotatable bonds is 6. The van der Waals surface area contributed by atoms with Crippen LogP contribution in [0, 0.1) is 0 Å². The van der Waals surface area contributed by atoms with Crippen molar-refractivity contribution >= 4 is 35.0 Å². The fourth-order valence-electron chi connectivity index (χ4n) is 3.30. The van der Waals surface area contributed by atoms with Gasteiger partial charge in [-0.2, -0.15) is 0 Å². The lowest BCUT2D eigenvalue weighted by atomic mass is 9.95. The molecule has 1 heterocycles. The minimum Gasteiger partial charge on any atom is -0.507 e. The highest BCUT2D eigenvalue weighted by atomic mass is 35.5. The van der Waals surface area contributed by atoms with Crippen molar-refractivity contribution in [2.24, 2.45) is 0 Å². The topological polar surface area (TPSA) is 124 Å². The van der Waals surface area contributed by atoms with Crippen molar-refractivity contribution in [3.8, 4) is 11.5 Å². The number of ether oxygens (including phenoxy) is 1. The maximum atomic E-state index is 12.8. The van der Waals surface area contributed by atoms with Gasteiger partial charge < -0.3 is 25.0 Å². The van der Waals surface area contributed by atoms with Crippen molar-refractivity contribution < 1.29 is 34.4 Å². The van der Waals surface area contributed by atoms with Crippen molar-refractivity contribution in [1.29, 1.82) is 0 Å². The number of methoxy groups -OCH3 is 1.